The number of hydrogen-bond donors (Lipinski definition) is 0. The molecule has 5 heteroatoms. The van der Waals surface area contributed by atoms with E-state index in [1.165, 1.54) is 10.8 Å². The Hall–Kier alpha value is -6.85. The molecule has 7 aromatic carbocycles. The van der Waals surface area contributed by atoms with E-state index >= 15 is 0 Å². The van der Waals surface area contributed by atoms with Gasteiger partial charge in [-0.1, -0.05) is 140 Å². The summed E-state index contributed by atoms with van der Waals surface area (Å²) in [6.45, 7) is 0. The van der Waals surface area contributed by atoms with Gasteiger partial charge < -0.3 is 8.98 Å². The van der Waals surface area contributed by atoms with Gasteiger partial charge in [0.25, 0.3) is 0 Å². The van der Waals surface area contributed by atoms with Crippen LogP contribution in [0.5, 0.6) is 0 Å². The molecule has 0 saturated carbocycles. The number of benzene rings is 7. The van der Waals surface area contributed by atoms with Crippen molar-refractivity contribution >= 4 is 43.7 Å². The Balaban J connectivity index is 1.17. The van der Waals surface area contributed by atoms with E-state index < -0.39 is 0 Å². The molecule has 50 heavy (non-hydrogen) atoms. The molecule has 0 fully saturated rings. The molecule has 5 nitrogen and oxygen atoms in total. The van der Waals surface area contributed by atoms with Gasteiger partial charge in [0.05, 0.1) is 16.7 Å². The minimum Gasteiger partial charge on any atom is -0.454 e. The van der Waals surface area contributed by atoms with Gasteiger partial charge in [-0.3, -0.25) is 0 Å². The standard InChI is InChI=1S/C45H28N4O/c1-3-14-29(15-4-1)32-18-7-8-21-37(32)45-47-43(30-16-5-2-6-17-30)46-44(48-45)31-26-27-35-36-22-13-25-40(42(36)50-41(35)28-31)49-38-23-11-9-19-33(38)34-20-10-12-24-39(34)49/h1-28H. The zero-order valence-electron chi connectivity index (χ0n) is 26.9. The Morgan fingerprint density at radius 3 is 1.66 bits per heavy atom. The molecule has 10 aromatic rings. The monoisotopic (exact) mass is 640 g/mol. The van der Waals surface area contributed by atoms with E-state index in [0.29, 0.717) is 17.5 Å². The molecule has 0 amide bonds. The Labute approximate surface area is 287 Å². The average Bonchev–Trinajstić information content (AvgIpc) is 3.74. The molecule has 0 aliphatic rings. The van der Waals surface area contributed by atoms with E-state index in [-0.39, 0.29) is 0 Å². The third-order valence-electron chi connectivity index (χ3n) is 9.48. The van der Waals surface area contributed by atoms with Crippen LogP contribution in [0.3, 0.4) is 0 Å². The van der Waals surface area contributed by atoms with Crippen LogP contribution in [-0.2, 0) is 0 Å². The van der Waals surface area contributed by atoms with Gasteiger partial charge in [0.1, 0.15) is 5.58 Å². The molecule has 0 bridgehead atoms. The summed E-state index contributed by atoms with van der Waals surface area (Å²) in [7, 11) is 0. The van der Waals surface area contributed by atoms with Gasteiger partial charge in [0.2, 0.25) is 0 Å². The predicted molar refractivity (Wildman–Crippen MR) is 203 cm³/mol. The first-order valence-corrected chi connectivity index (χ1v) is 16.7. The molecular formula is C45H28N4O. The van der Waals surface area contributed by atoms with E-state index in [2.05, 4.69) is 132 Å². The van der Waals surface area contributed by atoms with Gasteiger partial charge >= 0.3 is 0 Å². The van der Waals surface area contributed by atoms with Crippen LogP contribution in [-0.4, -0.2) is 19.5 Å². The number of para-hydroxylation sites is 3. The second-order valence-electron chi connectivity index (χ2n) is 12.4. The minimum atomic E-state index is 0.585. The quantitative estimate of drug-likeness (QED) is 0.188. The van der Waals surface area contributed by atoms with Crippen LogP contribution < -0.4 is 0 Å². The highest BCUT2D eigenvalue weighted by Crippen LogP contribution is 2.39. The Bertz CT molecular complexity index is 2820. The topological polar surface area (TPSA) is 56.7 Å². The summed E-state index contributed by atoms with van der Waals surface area (Å²) in [5, 5.41) is 4.53. The molecule has 234 valence electrons. The Kier molecular flexibility index (Phi) is 6.42. The minimum absolute atomic E-state index is 0.585. The summed E-state index contributed by atoms with van der Waals surface area (Å²) in [5.41, 5.74) is 9.80. The lowest BCUT2D eigenvalue weighted by atomic mass is 9.99. The lowest BCUT2D eigenvalue weighted by Crippen LogP contribution is -2.01. The highest BCUT2D eigenvalue weighted by molar-refractivity contribution is 6.13. The normalized spacial score (nSPS) is 11.6. The van der Waals surface area contributed by atoms with E-state index in [0.717, 1.165) is 66.5 Å². The lowest BCUT2D eigenvalue weighted by molar-refractivity contribution is 0.666. The molecular weight excluding hydrogens is 613 g/mol. The first kappa shape index (κ1) is 28.2. The first-order chi connectivity index (χ1) is 24.8. The summed E-state index contributed by atoms with van der Waals surface area (Å²) < 4.78 is 9.09. The maximum Gasteiger partial charge on any atom is 0.164 e. The van der Waals surface area contributed by atoms with Crippen molar-refractivity contribution in [2.45, 2.75) is 0 Å². The summed E-state index contributed by atoms with van der Waals surface area (Å²) in [6, 6.07) is 58.4. The fraction of sp³-hybridized carbons (Fsp3) is 0. The third kappa shape index (κ3) is 4.52. The molecule has 0 radical (unpaired) electrons. The molecule has 0 N–H and O–H groups in total. The average molecular weight is 641 g/mol. The summed E-state index contributed by atoms with van der Waals surface area (Å²) in [5.74, 6) is 1.82. The molecule has 3 aromatic heterocycles. The molecule has 0 saturated heterocycles. The van der Waals surface area contributed by atoms with Crippen LogP contribution in [0.15, 0.2) is 174 Å². The predicted octanol–water partition coefficient (Wildman–Crippen LogP) is 11.5. The van der Waals surface area contributed by atoms with Crippen molar-refractivity contribution in [3.05, 3.63) is 170 Å². The van der Waals surface area contributed by atoms with Crippen LogP contribution in [0.1, 0.15) is 0 Å². The van der Waals surface area contributed by atoms with E-state index in [9.17, 15) is 0 Å². The number of aromatic nitrogens is 4. The van der Waals surface area contributed by atoms with Crippen molar-refractivity contribution in [3.63, 3.8) is 0 Å². The van der Waals surface area contributed by atoms with Crippen molar-refractivity contribution in [1.82, 2.24) is 19.5 Å². The van der Waals surface area contributed by atoms with Gasteiger partial charge in [-0.25, -0.2) is 15.0 Å². The van der Waals surface area contributed by atoms with Crippen molar-refractivity contribution in [2.24, 2.45) is 0 Å². The van der Waals surface area contributed by atoms with Gasteiger partial charge in [-0.2, -0.15) is 0 Å². The number of hydrogen-bond acceptors (Lipinski definition) is 4. The smallest absolute Gasteiger partial charge is 0.164 e. The number of fused-ring (bicyclic) bond motifs is 6. The van der Waals surface area contributed by atoms with Crippen molar-refractivity contribution in [3.8, 4) is 51.0 Å². The Morgan fingerprint density at radius 2 is 0.940 bits per heavy atom. The van der Waals surface area contributed by atoms with Crippen molar-refractivity contribution in [1.29, 1.82) is 0 Å². The van der Waals surface area contributed by atoms with Crippen LogP contribution in [0, 0.1) is 0 Å². The van der Waals surface area contributed by atoms with E-state index in [1.807, 2.05) is 42.5 Å². The summed E-state index contributed by atoms with van der Waals surface area (Å²) >= 11 is 0. The zero-order valence-corrected chi connectivity index (χ0v) is 26.9. The number of rotatable bonds is 5. The highest BCUT2D eigenvalue weighted by atomic mass is 16.3. The molecule has 0 atom stereocenters. The van der Waals surface area contributed by atoms with Crippen LogP contribution >= 0.6 is 0 Å². The SMILES string of the molecule is c1ccc(-c2nc(-c3ccc4c(c3)oc3c(-n5c6ccccc6c6ccccc65)cccc34)nc(-c3ccccc3-c3ccccc3)n2)cc1. The summed E-state index contributed by atoms with van der Waals surface area (Å²) in [4.78, 5) is 15.1. The molecule has 0 aliphatic carbocycles. The lowest BCUT2D eigenvalue weighted by Gasteiger charge is -2.12. The van der Waals surface area contributed by atoms with Crippen molar-refractivity contribution < 1.29 is 4.42 Å². The molecule has 0 aliphatic heterocycles. The van der Waals surface area contributed by atoms with E-state index in [1.54, 1.807) is 0 Å². The molecule has 0 spiro atoms. The maximum absolute atomic E-state index is 6.78. The third-order valence-corrected chi connectivity index (χ3v) is 9.48. The second kappa shape index (κ2) is 11.4. The van der Waals surface area contributed by atoms with Gasteiger partial charge in [-0.05, 0) is 41.5 Å². The fourth-order valence-corrected chi connectivity index (χ4v) is 7.17. The Morgan fingerprint density at radius 1 is 0.380 bits per heavy atom. The van der Waals surface area contributed by atoms with Gasteiger partial charge in [0, 0.05) is 38.2 Å². The van der Waals surface area contributed by atoms with E-state index in [4.69, 9.17) is 19.4 Å². The first-order valence-electron chi connectivity index (χ1n) is 16.7. The summed E-state index contributed by atoms with van der Waals surface area (Å²) in [6.07, 6.45) is 0. The molecule has 3 heterocycles. The number of nitrogens with zero attached hydrogens (tertiary/aromatic N) is 4. The molecule has 0 unspecified atom stereocenters. The van der Waals surface area contributed by atoms with Crippen LogP contribution in [0.25, 0.3) is 94.7 Å². The van der Waals surface area contributed by atoms with Gasteiger partial charge in [0.15, 0.2) is 23.1 Å². The fourth-order valence-electron chi connectivity index (χ4n) is 7.17. The maximum atomic E-state index is 6.78. The van der Waals surface area contributed by atoms with Crippen LogP contribution in [0.2, 0.25) is 0 Å². The zero-order chi connectivity index (χ0) is 33.0. The van der Waals surface area contributed by atoms with Gasteiger partial charge in [-0.15, -0.1) is 0 Å². The van der Waals surface area contributed by atoms with Crippen LogP contribution in [0.4, 0.5) is 0 Å². The van der Waals surface area contributed by atoms with Crippen molar-refractivity contribution in [2.75, 3.05) is 0 Å². The largest absolute Gasteiger partial charge is 0.454 e. The second-order valence-corrected chi connectivity index (χ2v) is 12.4. The molecule has 10 rings (SSSR count). The number of furan rings is 1. The highest BCUT2D eigenvalue weighted by Gasteiger charge is 2.19.